The maximum Gasteiger partial charge on any atom is 0.195 e. The molecule has 0 aliphatic carbocycles. The number of nitrogens with zero attached hydrogens (tertiary/aromatic N) is 2. The van der Waals surface area contributed by atoms with E-state index in [0.717, 1.165) is 44.0 Å². The van der Waals surface area contributed by atoms with Gasteiger partial charge in [-0.15, -0.1) is 0 Å². The van der Waals surface area contributed by atoms with Crippen LogP contribution in [0.15, 0.2) is 72.8 Å². The topological polar surface area (TPSA) is 23.6 Å². The number of anilines is 2. The third kappa shape index (κ3) is 2.89. The van der Waals surface area contributed by atoms with Crippen LogP contribution in [0.4, 0.5) is 11.4 Å². The SMILES string of the molecule is CN(C)c1cccc2ccc(C(=O)c3cccc4ccccc34)c(N(C)C)c12. The van der Waals surface area contributed by atoms with Crippen LogP contribution in [0.25, 0.3) is 21.5 Å². The van der Waals surface area contributed by atoms with Gasteiger partial charge in [0.15, 0.2) is 5.78 Å². The molecule has 3 heteroatoms. The lowest BCUT2D eigenvalue weighted by atomic mass is 9.93. The van der Waals surface area contributed by atoms with Crippen molar-refractivity contribution in [3.05, 3.63) is 83.9 Å². The van der Waals surface area contributed by atoms with Gasteiger partial charge in [-0.2, -0.15) is 0 Å². The highest BCUT2D eigenvalue weighted by Gasteiger charge is 2.21. The van der Waals surface area contributed by atoms with Gasteiger partial charge in [0.25, 0.3) is 0 Å². The molecular weight excluding hydrogens is 344 g/mol. The Hall–Kier alpha value is -3.33. The lowest BCUT2D eigenvalue weighted by Gasteiger charge is -2.24. The molecule has 3 nitrogen and oxygen atoms in total. The first-order chi connectivity index (χ1) is 13.5. The first-order valence-corrected chi connectivity index (χ1v) is 9.42. The maximum atomic E-state index is 13.7. The second kappa shape index (κ2) is 7.01. The van der Waals surface area contributed by atoms with Crippen molar-refractivity contribution in [2.75, 3.05) is 38.0 Å². The van der Waals surface area contributed by atoms with E-state index < -0.39 is 0 Å². The number of rotatable bonds is 4. The average Bonchev–Trinajstić information content (AvgIpc) is 2.71. The molecule has 0 aromatic heterocycles. The molecular formula is C25H24N2O. The number of hydrogen-bond acceptors (Lipinski definition) is 3. The molecule has 0 amide bonds. The number of ketones is 1. The van der Waals surface area contributed by atoms with Gasteiger partial charge in [-0.1, -0.05) is 60.7 Å². The number of fused-ring (bicyclic) bond motifs is 2. The average molecular weight is 368 g/mol. The molecule has 0 heterocycles. The summed E-state index contributed by atoms with van der Waals surface area (Å²) >= 11 is 0. The van der Waals surface area contributed by atoms with E-state index in [1.165, 1.54) is 0 Å². The molecule has 0 aliphatic rings. The van der Waals surface area contributed by atoms with Crippen molar-refractivity contribution >= 4 is 38.7 Å². The molecule has 4 aromatic rings. The van der Waals surface area contributed by atoms with Crippen molar-refractivity contribution in [1.82, 2.24) is 0 Å². The normalized spacial score (nSPS) is 11.0. The Morgan fingerprint density at radius 1 is 0.643 bits per heavy atom. The van der Waals surface area contributed by atoms with E-state index in [2.05, 4.69) is 23.1 Å². The molecule has 0 atom stereocenters. The Balaban J connectivity index is 2.02. The quantitative estimate of drug-likeness (QED) is 0.453. The van der Waals surface area contributed by atoms with Crippen LogP contribution in [-0.2, 0) is 0 Å². The molecule has 0 radical (unpaired) electrons. The zero-order valence-corrected chi connectivity index (χ0v) is 16.7. The minimum Gasteiger partial charge on any atom is -0.377 e. The summed E-state index contributed by atoms with van der Waals surface area (Å²) in [6.45, 7) is 0. The third-order valence-electron chi connectivity index (χ3n) is 5.20. The van der Waals surface area contributed by atoms with Crippen molar-refractivity contribution in [1.29, 1.82) is 0 Å². The molecule has 140 valence electrons. The van der Waals surface area contributed by atoms with Crippen LogP contribution in [0.1, 0.15) is 15.9 Å². The van der Waals surface area contributed by atoms with Gasteiger partial charge < -0.3 is 9.80 Å². The summed E-state index contributed by atoms with van der Waals surface area (Å²) in [5.74, 6) is 0.0518. The third-order valence-corrected chi connectivity index (χ3v) is 5.20. The van der Waals surface area contributed by atoms with Gasteiger partial charge in [0.1, 0.15) is 0 Å². The molecule has 0 unspecified atom stereocenters. The monoisotopic (exact) mass is 368 g/mol. The number of carbonyl (C=O) groups is 1. The van der Waals surface area contributed by atoms with Crippen LogP contribution >= 0.6 is 0 Å². The first-order valence-electron chi connectivity index (χ1n) is 9.42. The van der Waals surface area contributed by atoms with Gasteiger partial charge in [0.2, 0.25) is 0 Å². The van der Waals surface area contributed by atoms with Gasteiger partial charge in [0.05, 0.1) is 5.69 Å². The zero-order valence-electron chi connectivity index (χ0n) is 16.7. The predicted octanol–water partition coefficient (Wildman–Crippen LogP) is 5.36. The minimum atomic E-state index is 0.0518. The molecule has 0 fully saturated rings. The van der Waals surface area contributed by atoms with Crippen LogP contribution in [0, 0.1) is 0 Å². The highest BCUT2D eigenvalue weighted by molar-refractivity contribution is 6.22. The van der Waals surface area contributed by atoms with Crippen LogP contribution in [0.3, 0.4) is 0 Å². The lowest BCUT2D eigenvalue weighted by Crippen LogP contribution is -2.17. The van der Waals surface area contributed by atoms with Crippen LogP contribution in [-0.4, -0.2) is 34.0 Å². The fourth-order valence-electron chi connectivity index (χ4n) is 3.93. The van der Waals surface area contributed by atoms with E-state index in [4.69, 9.17) is 0 Å². The van der Waals surface area contributed by atoms with E-state index >= 15 is 0 Å². The van der Waals surface area contributed by atoms with Gasteiger partial charge in [0, 0.05) is 50.4 Å². The second-order valence-electron chi connectivity index (χ2n) is 7.48. The maximum absolute atomic E-state index is 13.7. The standard InChI is InChI=1S/C25H24N2O/c1-26(2)22-14-8-11-18-15-16-21(24(23(18)22)27(3)4)25(28)20-13-7-10-17-9-5-6-12-19(17)20/h5-16H,1-4H3. The molecule has 0 spiro atoms. The Bertz CT molecular complexity index is 1190. The minimum absolute atomic E-state index is 0.0518. The molecule has 0 N–H and O–H groups in total. The Morgan fingerprint density at radius 3 is 2.07 bits per heavy atom. The summed E-state index contributed by atoms with van der Waals surface area (Å²) in [6.07, 6.45) is 0. The first kappa shape index (κ1) is 18.1. The summed E-state index contributed by atoms with van der Waals surface area (Å²) in [5, 5.41) is 4.29. The highest BCUT2D eigenvalue weighted by atomic mass is 16.1. The summed E-state index contributed by atoms with van der Waals surface area (Å²) in [5.41, 5.74) is 3.53. The predicted molar refractivity (Wildman–Crippen MR) is 120 cm³/mol. The van der Waals surface area contributed by atoms with E-state index in [1.807, 2.05) is 87.7 Å². The molecule has 4 rings (SSSR count). The van der Waals surface area contributed by atoms with E-state index in [0.29, 0.717) is 0 Å². The molecule has 0 saturated heterocycles. The number of carbonyl (C=O) groups excluding carboxylic acids is 1. The fourth-order valence-corrected chi connectivity index (χ4v) is 3.93. The Labute approximate surface area is 165 Å². The zero-order chi connectivity index (χ0) is 19.8. The molecule has 4 aromatic carbocycles. The molecule has 0 saturated carbocycles. The summed E-state index contributed by atoms with van der Waals surface area (Å²) in [6, 6.07) is 24.2. The van der Waals surface area contributed by atoms with Gasteiger partial charge >= 0.3 is 0 Å². The van der Waals surface area contributed by atoms with Crippen LogP contribution in [0.2, 0.25) is 0 Å². The van der Waals surface area contributed by atoms with Gasteiger partial charge in [-0.25, -0.2) is 0 Å². The van der Waals surface area contributed by atoms with E-state index in [-0.39, 0.29) is 5.78 Å². The number of benzene rings is 4. The largest absolute Gasteiger partial charge is 0.377 e. The van der Waals surface area contributed by atoms with Crippen molar-refractivity contribution in [3.8, 4) is 0 Å². The summed E-state index contributed by atoms with van der Waals surface area (Å²) in [7, 11) is 8.07. The Morgan fingerprint density at radius 2 is 1.32 bits per heavy atom. The van der Waals surface area contributed by atoms with Crippen LogP contribution < -0.4 is 9.80 Å². The highest BCUT2D eigenvalue weighted by Crippen LogP contribution is 2.38. The second-order valence-corrected chi connectivity index (χ2v) is 7.48. The van der Waals surface area contributed by atoms with Gasteiger partial charge in [-0.3, -0.25) is 4.79 Å². The smallest absolute Gasteiger partial charge is 0.195 e. The summed E-state index contributed by atoms with van der Waals surface area (Å²) < 4.78 is 0. The fraction of sp³-hybridized carbons (Fsp3) is 0.160. The van der Waals surface area contributed by atoms with Crippen molar-refractivity contribution in [2.45, 2.75) is 0 Å². The molecule has 0 bridgehead atoms. The lowest BCUT2D eigenvalue weighted by molar-refractivity contribution is 0.104. The van der Waals surface area contributed by atoms with E-state index in [1.54, 1.807) is 0 Å². The molecule has 0 aliphatic heterocycles. The van der Waals surface area contributed by atoms with Crippen molar-refractivity contribution in [3.63, 3.8) is 0 Å². The number of hydrogen-bond donors (Lipinski definition) is 0. The Kier molecular flexibility index (Phi) is 4.52. The van der Waals surface area contributed by atoms with E-state index in [9.17, 15) is 4.79 Å². The van der Waals surface area contributed by atoms with Gasteiger partial charge in [-0.05, 0) is 28.3 Å². The van der Waals surface area contributed by atoms with Crippen molar-refractivity contribution < 1.29 is 4.79 Å². The van der Waals surface area contributed by atoms with Crippen molar-refractivity contribution in [2.24, 2.45) is 0 Å². The van der Waals surface area contributed by atoms with Crippen LogP contribution in [0.5, 0.6) is 0 Å². The summed E-state index contributed by atoms with van der Waals surface area (Å²) in [4.78, 5) is 17.8. The molecule has 28 heavy (non-hydrogen) atoms.